The minimum absolute atomic E-state index is 0.250. The average molecular weight is 266 g/mol. The van der Waals surface area contributed by atoms with Crippen LogP contribution in [0.15, 0.2) is 0 Å². The van der Waals surface area contributed by atoms with Crippen molar-refractivity contribution in [3.8, 4) is 0 Å². The maximum Gasteiger partial charge on any atom is 0.460 e. The summed E-state index contributed by atoms with van der Waals surface area (Å²) >= 11 is 0. The summed E-state index contributed by atoms with van der Waals surface area (Å²) in [6.45, 7) is -0.250. The SMILES string of the molecule is CC(F)C(F)(F)C(F)(F)C(F)(F)C(F)(F)F. The van der Waals surface area contributed by atoms with Crippen LogP contribution in [-0.4, -0.2) is 30.1 Å². The lowest BCUT2D eigenvalue weighted by atomic mass is 10.0. The Labute approximate surface area is 82.2 Å². The topological polar surface area (TPSA) is 0 Å². The minimum atomic E-state index is -7.02. The van der Waals surface area contributed by atoms with Gasteiger partial charge in [-0.1, -0.05) is 0 Å². The van der Waals surface area contributed by atoms with E-state index in [4.69, 9.17) is 0 Å². The van der Waals surface area contributed by atoms with Crippen molar-refractivity contribution in [1.29, 1.82) is 0 Å². The van der Waals surface area contributed by atoms with E-state index in [1.54, 1.807) is 0 Å². The van der Waals surface area contributed by atoms with Gasteiger partial charge in [-0.25, -0.2) is 4.39 Å². The fourth-order valence-corrected chi connectivity index (χ4v) is 0.637. The van der Waals surface area contributed by atoms with Crippen LogP contribution in [0.3, 0.4) is 0 Å². The molecule has 0 aromatic heterocycles. The Bertz CT molecular complexity index is 249. The molecular weight excluding hydrogens is 262 g/mol. The average Bonchev–Trinajstić information content (AvgIpc) is 2.00. The van der Waals surface area contributed by atoms with E-state index in [1.807, 2.05) is 0 Å². The van der Waals surface area contributed by atoms with E-state index in [0.29, 0.717) is 0 Å². The van der Waals surface area contributed by atoms with Crippen LogP contribution >= 0.6 is 0 Å². The molecule has 0 nitrogen and oxygen atoms in total. The van der Waals surface area contributed by atoms with Crippen LogP contribution in [0.1, 0.15) is 6.92 Å². The van der Waals surface area contributed by atoms with Crippen molar-refractivity contribution in [1.82, 2.24) is 0 Å². The first-order chi connectivity index (χ1) is 6.69. The molecule has 1 unspecified atom stereocenters. The molecule has 0 fully saturated rings. The van der Waals surface area contributed by atoms with Gasteiger partial charge in [0.05, 0.1) is 0 Å². The Morgan fingerprint density at radius 3 is 1.19 bits per heavy atom. The first-order valence-electron chi connectivity index (χ1n) is 3.54. The van der Waals surface area contributed by atoms with Gasteiger partial charge < -0.3 is 0 Å². The molecule has 98 valence electrons. The predicted octanol–water partition coefficient (Wildman–Crippen LogP) is 3.81. The lowest BCUT2D eigenvalue weighted by Gasteiger charge is -2.34. The molecule has 1 atom stereocenters. The van der Waals surface area contributed by atoms with Crippen LogP contribution in [0, 0.1) is 0 Å². The standard InChI is InChI=1S/C6H4F10/c1-2(7)3(8,9)4(10,11)5(12,13)6(14,15)16/h2H,1H3. The predicted molar refractivity (Wildman–Crippen MR) is 31.5 cm³/mol. The highest BCUT2D eigenvalue weighted by Gasteiger charge is 2.82. The molecule has 0 saturated carbocycles. The van der Waals surface area contributed by atoms with Gasteiger partial charge in [0.15, 0.2) is 6.17 Å². The fraction of sp³-hybridized carbons (Fsp3) is 1.00. The second-order valence-corrected chi connectivity index (χ2v) is 2.89. The van der Waals surface area contributed by atoms with Crippen molar-refractivity contribution in [2.24, 2.45) is 0 Å². The molecule has 0 aromatic rings. The van der Waals surface area contributed by atoms with Gasteiger partial charge >= 0.3 is 23.9 Å². The third-order valence-electron chi connectivity index (χ3n) is 1.67. The molecule has 0 aliphatic rings. The zero-order chi connectivity index (χ0) is 13.6. The van der Waals surface area contributed by atoms with Gasteiger partial charge in [-0.3, -0.25) is 0 Å². The monoisotopic (exact) mass is 266 g/mol. The molecule has 0 heterocycles. The van der Waals surface area contributed by atoms with Gasteiger partial charge in [0.1, 0.15) is 0 Å². The Hall–Kier alpha value is -0.700. The maximum absolute atomic E-state index is 12.3. The Kier molecular flexibility index (Phi) is 3.50. The molecule has 0 aliphatic carbocycles. The number of alkyl halides is 10. The molecule has 0 spiro atoms. The summed E-state index contributed by atoms with van der Waals surface area (Å²) in [7, 11) is 0. The molecule has 0 amide bonds. The molecule has 0 saturated heterocycles. The summed E-state index contributed by atoms with van der Waals surface area (Å²) in [6, 6.07) is 0. The number of hydrogen-bond acceptors (Lipinski definition) is 0. The van der Waals surface area contributed by atoms with Crippen LogP contribution in [0.5, 0.6) is 0 Å². The zero-order valence-corrected chi connectivity index (χ0v) is 7.36. The van der Waals surface area contributed by atoms with E-state index in [0.717, 1.165) is 0 Å². The van der Waals surface area contributed by atoms with Crippen LogP contribution in [0.4, 0.5) is 43.9 Å². The van der Waals surface area contributed by atoms with Crippen molar-refractivity contribution in [3.63, 3.8) is 0 Å². The molecule has 0 bridgehead atoms. The highest BCUT2D eigenvalue weighted by molar-refractivity contribution is 5.02. The lowest BCUT2D eigenvalue weighted by Crippen LogP contribution is -2.63. The van der Waals surface area contributed by atoms with Crippen molar-refractivity contribution in [2.75, 3.05) is 0 Å². The first kappa shape index (κ1) is 15.3. The van der Waals surface area contributed by atoms with Gasteiger partial charge in [0.25, 0.3) is 0 Å². The van der Waals surface area contributed by atoms with Crippen molar-refractivity contribution >= 4 is 0 Å². The highest BCUT2D eigenvalue weighted by Crippen LogP contribution is 2.54. The Balaban J connectivity index is 5.53. The Morgan fingerprint density at radius 2 is 1.00 bits per heavy atom. The van der Waals surface area contributed by atoms with Crippen molar-refractivity contribution in [3.05, 3.63) is 0 Å². The second kappa shape index (κ2) is 3.66. The summed E-state index contributed by atoms with van der Waals surface area (Å²) in [5, 5.41) is 0. The molecule has 0 N–H and O–H groups in total. The van der Waals surface area contributed by atoms with Gasteiger partial charge in [0.2, 0.25) is 0 Å². The van der Waals surface area contributed by atoms with Crippen LogP contribution in [0.2, 0.25) is 0 Å². The number of rotatable bonds is 3. The summed E-state index contributed by atoms with van der Waals surface area (Å²) in [5.74, 6) is -20.0. The lowest BCUT2D eigenvalue weighted by molar-refractivity contribution is -0.402. The molecule has 0 aliphatic heterocycles. The minimum Gasteiger partial charge on any atom is -0.241 e. The molecule has 0 rings (SSSR count). The molecule has 16 heavy (non-hydrogen) atoms. The van der Waals surface area contributed by atoms with E-state index >= 15 is 0 Å². The maximum atomic E-state index is 12.3. The van der Waals surface area contributed by atoms with Crippen LogP contribution in [0.25, 0.3) is 0 Å². The Morgan fingerprint density at radius 1 is 0.688 bits per heavy atom. The molecule has 10 heteroatoms. The third kappa shape index (κ3) is 1.93. The van der Waals surface area contributed by atoms with Crippen LogP contribution < -0.4 is 0 Å². The van der Waals surface area contributed by atoms with Gasteiger partial charge in [-0.2, -0.15) is 39.5 Å². The van der Waals surface area contributed by atoms with E-state index in [9.17, 15) is 43.9 Å². The highest BCUT2D eigenvalue weighted by atomic mass is 19.4. The van der Waals surface area contributed by atoms with E-state index in [2.05, 4.69) is 0 Å². The normalized spacial score (nSPS) is 17.4. The third-order valence-corrected chi connectivity index (χ3v) is 1.67. The van der Waals surface area contributed by atoms with Crippen molar-refractivity contribution < 1.29 is 43.9 Å². The van der Waals surface area contributed by atoms with Gasteiger partial charge in [0, 0.05) is 0 Å². The van der Waals surface area contributed by atoms with E-state index < -0.39 is 30.1 Å². The van der Waals surface area contributed by atoms with E-state index in [1.165, 1.54) is 0 Å². The summed E-state index contributed by atoms with van der Waals surface area (Å²) in [6.07, 6.45) is -10.8. The first-order valence-corrected chi connectivity index (χ1v) is 3.54. The molecular formula is C6H4F10. The molecule has 0 aromatic carbocycles. The van der Waals surface area contributed by atoms with Crippen LogP contribution in [-0.2, 0) is 0 Å². The summed E-state index contributed by atoms with van der Waals surface area (Å²) in [4.78, 5) is 0. The van der Waals surface area contributed by atoms with E-state index in [-0.39, 0.29) is 6.92 Å². The summed E-state index contributed by atoms with van der Waals surface area (Å²) < 4.78 is 119. The van der Waals surface area contributed by atoms with Gasteiger partial charge in [-0.05, 0) is 6.92 Å². The number of halogens is 10. The number of hydrogen-bond donors (Lipinski definition) is 0. The summed E-state index contributed by atoms with van der Waals surface area (Å²) in [5.41, 5.74) is 0. The van der Waals surface area contributed by atoms with Gasteiger partial charge in [-0.15, -0.1) is 0 Å². The molecule has 0 radical (unpaired) electrons. The largest absolute Gasteiger partial charge is 0.460 e. The second-order valence-electron chi connectivity index (χ2n) is 2.89. The fourth-order valence-electron chi connectivity index (χ4n) is 0.637. The quantitative estimate of drug-likeness (QED) is 0.681. The zero-order valence-electron chi connectivity index (χ0n) is 7.36. The van der Waals surface area contributed by atoms with Crippen molar-refractivity contribution in [2.45, 2.75) is 37.0 Å². The smallest absolute Gasteiger partial charge is 0.241 e.